The van der Waals surface area contributed by atoms with E-state index in [-0.39, 0.29) is 5.54 Å². The fourth-order valence-electron chi connectivity index (χ4n) is 4.70. The summed E-state index contributed by atoms with van der Waals surface area (Å²) >= 11 is 0. The summed E-state index contributed by atoms with van der Waals surface area (Å²) in [6.07, 6.45) is 13.2. The third kappa shape index (κ3) is 4.76. The highest BCUT2D eigenvalue weighted by atomic mass is 14.7. The van der Waals surface area contributed by atoms with Gasteiger partial charge in [-0.05, 0) is 42.2 Å². The minimum absolute atomic E-state index is 0.0283. The van der Waals surface area contributed by atoms with Crippen molar-refractivity contribution in [3.63, 3.8) is 0 Å². The summed E-state index contributed by atoms with van der Waals surface area (Å²) < 4.78 is 0. The van der Waals surface area contributed by atoms with E-state index in [1.807, 2.05) is 0 Å². The Morgan fingerprint density at radius 2 is 1.00 bits per heavy atom. The highest BCUT2D eigenvalue weighted by Crippen LogP contribution is 2.38. The van der Waals surface area contributed by atoms with Crippen LogP contribution < -0.4 is 5.73 Å². The van der Waals surface area contributed by atoms with E-state index in [1.165, 1.54) is 62.5 Å². The molecule has 0 aromatic heterocycles. The average Bonchev–Trinajstić information content (AvgIpc) is 2.71. The van der Waals surface area contributed by atoms with Gasteiger partial charge in [0.05, 0.1) is 0 Å². The van der Waals surface area contributed by atoms with Gasteiger partial charge in [-0.25, -0.2) is 0 Å². The Bertz CT molecular complexity index is 575. The van der Waals surface area contributed by atoms with Gasteiger partial charge in [0.2, 0.25) is 0 Å². The molecule has 2 aromatic carbocycles. The van der Waals surface area contributed by atoms with Gasteiger partial charge in [-0.1, -0.05) is 106 Å². The zero-order chi connectivity index (χ0) is 18.3. The van der Waals surface area contributed by atoms with Crippen LogP contribution in [0.1, 0.15) is 82.3 Å². The molecular formula is C25H35N. The highest BCUT2D eigenvalue weighted by molar-refractivity contribution is 5.25. The number of rotatable bonds is 2. The van der Waals surface area contributed by atoms with Gasteiger partial charge in [-0.15, -0.1) is 0 Å². The molecule has 0 radical (unpaired) electrons. The molecule has 0 bridgehead atoms. The van der Waals surface area contributed by atoms with Crippen LogP contribution in [-0.2, 0) is 11.0 Å². The molecule has 26 heavy (non-hydrogen) atoms. The first kappa shape index (κ1) is 19.2. The van der Waals surface area contributed by atoms with E-state index in [0.717, 1.165) is 12.8 Å². The molecule has 2 saturated carbocycles. The highest BCUT2D eigenvalue weighted by Gasteiger charge is 2.29. The van der Waals surface area contributed by atoms with Gasteiger partial charge >= 0.3 is 0 Å². The third-order valence-electron chi connectivity index (χ3n) is 6.52. The molecule has 0 unspecified atom stereocenters. The monoisotopic (exact) mass is 349 g/mol. The predicted octanol–water partition coefficient (Wildman–Crippen LogP) is 6.71. The lowest BCUT2D eigenvalue weighted by atomic mass is 9.71. The lowest BCUT2D eigenvalue weighted by molar-refractivity contribution is 0.302. The van der Waals surface area contributed by atoms with E-state index < -0.39 is 0 Å². The number of hydrogen-bond acceptors (Lipinski definition) is 1. The standard InChI is InChI=1S/C13H18.C12H17N/c1-13(10-6-3-7-11-13)12-8-4-2-5-9-12;13-12(9-5-2-6-10-12)11-7-3-1-4-8-11/h2,4-5,8-9H,3,6-7,10-11H2,1H3;1,3-4,7-8H,2,5-6,9-10,13H2. The number of nitrogens with two attached hydrogens (primary N) is 1. The molecule has 4 rings (SSSR count). The van der Waals surface area contributed by atoms with Crippen molar-refractivity contribution in [1.82, 2.24) is 0 Å². The molecule has 0 spiro atoms. The third-order valence-corrected chi connectivity index (χ3v) is 6.52. The normalized spacial score (nSPS) is 21.3. The van der Waals surface area contributed by atoms with E-state index in [1.54, 1.807) is 0 Å². The van der Waals surface area contributed by atoms with Crippen molar-refractivity contribution >= 4 is 0 Å². The van der Waals surface area contributed by atoms with Gasteiger partial charge in [0, 0.05) is 5.54 Å². The Labute approximate surface area is 160 Å². The molecule has 0 heterocycles. The van der Waals surface area contributed by atoms with Crippen molar-refractivity contribution in [2.45, 2.75) is 82.1 Å². The molecule has 0 atom stereocenters. The molecule has 0 amide bonds. The Kier molecular flexibility index (Phi) is 6.53. The molecular weight excluding hydrogens is 314 g/mol. The number of hydrogen-bond donors (Lipinski definition) is 1. The second kappa shape index (κ2) is 8.86. The lowest BCUT2D eigenvalue weighted by Gasteiger charge is -2.34. The Morgan fingerprint density at radius 3 is 1.50 bits per heavy atom. The molecule has 1 heteroatoms. The molecule has 2 aliphatic rings. The smallest absolute Gasteiger partial charge is 0.0409 e. The average molecular weight is 350 g/mol. The minimum atomic E-state index is -0.0283. The summed E-state index contributed by atoms with van der Waals surface area (Å²) in [5.41, 5.74) is 9.68. The van der Waals surface area contributed by atoms with Gasteiger partial charge in [-0.2, -0.15) is 0 Å². The maximum absolute atomic E-state index is 6.38. The Morgan fingerprint density at radius 1 is 0.577 bits per heavy atom. The summed E-state index contributed by atoms with van der Waals surface area (Å²) in [4.78, 5) is 0. The summed E-state index contributed by atoms with van der Waals surface area (Å²) in [5.74, 6) is 0. The van der Waals surface area contributed by atoms with Crippen molar-refractivity contribution in [3.8, 4) is 0 Å². The van der Waals surface area contributed by atoms with Crippen LogP contribution in [0.5, 0.6) is 0 Å². The van der Waals surface area contributed by atoms with E-state index in [2.05, 4.69) is 67.6 Å². The van der Waals surface area contributed by atoms with Crippen LogP contribution in [0.15, 0.2) is 60.7 Å². The molecule has 2 aromatic rings. The van der Waals surface area contributed by atoms with E-state index in [0.29, 0.717) is 5.41 Å². The second-order valence-corrected chi connectivity index (χ2v) is 8.57. The van der Waals surface area contributed by atoms with Crippen LogP contribution in [0.2, 0.25) is 0 Å². The van der Waals surface area contributed by atoms with Crippen molar-refractivity contribution in [2.75, 3.05) is 0 Å². The Balaban J connectivity index is 0.000000151. The summed E-state index contributed by atoms with van der Waals surface area (Å²) in [6.45, 7) is 2.42. The van der Waals surface area contributed by atoms with Gasteiger partial charge in [0.15, 0.2) is 0 Å². The van der Waals surface area contributed by atoms with Crippen LogP contribution in [0.4, 0.5) is 0 Å². The largest absolute Gasteiger partial charge is 0.321 e. The van der Waals surface area contributed by atoms with Crippen molar-refractivity contribution < 1.29 is 0 Å². The zero-order valence-electron chi connectivity index (χ0n) is 16.4. The quantitative estimate of drug-likeness (QED) is 0.640. The van der Waals surface area contributed by atoms with Crippen molar-refractivity contribution in [2.24, 2.45) is 5.73 Å². The zero-order valence-corrected chi connectivity index (χ0v) is 16.4. The first-order valence-corrected chi connectivity index (χ1v) is 10.5. The first-order chi connectivity index (χ1) is 12.6. The SMILES string of the molecule is CC1(c2ccccc2)CCCCC1.NC1(c2ccccc2)CCCCC1. The van der Waals surface area contributed by atoms with E-state index in [4.69, 9.17) is 5.73 Å². The van der Waals surface area contributed by atoms with Gasteiger partial charge in [0.25, 0.3) is 0 Å². The maximum atomic E-state index is 6.38. The summed E-state index contributed by atoms with van der Waals surface area (Å²) in [5, 5.41) is 0. The summed E-state index contributed by atoms with van der Waals surface area (Å²) in [7, 11) is 0. The van der Waals surface area contributed by atoms with Gasteiger partial charge in [-0.3, -0.25) is 0 Å². The topological polar surface area (TPSA) is 26.0 Å². The molecule has 2 aliphatic carbocycles. The van der Waals surface area contributed by atoms with Crippen molar-refractivity contribution in [3.05, 3.63) is 71.8 Å². The predicted molar refractivity (Wildman–Crippen MR) is 112 cm³/mol. The molecule has 140 valence electrons. The maximum Gasteiger partial charge on any atom is 0.0409 e. The van der Waals surface area contributed by atoms with Gasteiger partial charge in [0.1, 0.15) is 0 Å². The van der Waals surface area contributed by atoms with Crippen molar-refractivity contribution in [1.29, 1.82) is 0 Å². The fraction of sp³-hybridized carbons (Fsp3) is 0.520. The van der Waals surface area contributed by atoms with E-state index >= 15 is 0 Å². The van der Waals surface area contributed by atoms with Gasteiger partial charge < -0.3 is 5.73 Å². The molecule has 2 fully saturated rings. The molecule has 2 N–H and O–H groups in total. The van der Waals surface area contributed by atoms with Crippen LogP contribution in [0, 0.1) is 0 Å². The number of benzene rings is 2. The Hall–Kier alpha value is -1.60. The van der Waals surface area contributed by atoms with Crippen LogP contribution >= 0.6 is 0 Å². The van der Waals surface area contributed by atoms with Crippen LogP contribution in [0.3, 0.4) is 0 Å². The minimum Gasteiger partial charge on any atom is -0.321 e. The van der Waals surface area contributed by atoms with Crippen LogP contribution in [-0.4, -0.2) is 0 Å². The van der Waals surface area contributed by atoms with E-state index in [9.17, 15) is 0 Å². The molecule has 1 nitrogen and oxygen atoms in total. The first-order valence-electron chi connectivity index (χ1n) is 10.5. The second-order valence-electron chi connectivity index (χ2n) is 8.57. The van der Waals surface area contributed by atoms with Crippen LogP contribution in [0.25, 0.3) is 0 Å². The molecule has 0 saturated heterocycles. The molecule has 0 aliphatic heterocycles. The fourth-order valence-corrected chi connectivity index (χ4v) is 4.70. The lowest BCUT2D eigenvalue weighted by Crippen LogP contribution is -2.38. The summed E-state index contributed by atoms with van der Waals surface area (Å²) in [6, 6.07) is 21.5.